The van der Waals surface area contributed by atoms with Crippen LogP contribution in [-0.2, 0) is 0 Å². The van der Waals surface area contributed by atoms with E-state index in [4.69, 9.17) is 4.74 Å². The summed E-state index contributed by atoms with van der Waals surface area (Å²) in [5, 5.41) is 0. The van der Waals surface area contributed by atoms with Gasteiger partial charge in [-0.05, 0) is 56.0 Å². The van der Waals surface area contributed by atoms with Crippen LogP contribution in [0.5, 0.6) is 5.75 Å². The van der Waals surface area contributed by atoms with E-state index in [0.717, 1.165) is 29.8 Å². The van der Waals surface area contributed by atoms with Crippen molar-refractivity contribution in [1.82, 2.24) is 4.57 Å². The molecule has 0 bridgehead atoms. The topological polar surface area (TPSA) is 31.2 Å². The minimum Gasteiger partial charge on any atom is -0.490 e. The zero-order chi connectivity index (χ0) is 18.1. The van der Waals surface area contributed by atoms with Crippen LogP contribution < -0.4 is 10.3 Å². The molecule has 0 fully saturated rings. The number of hydrogen-bond acceptors (Lipinski definition) is 2. The van der Waals surface area contributed by atoms with Crippen molar-refractivity contribution < 1.29 is 4.74 Å². The van der Waals surface area contributed by atoms with Crippen LogP contribution in [0.25, 0.3) is 5.69 Å². The summed E-state index contributed by atoms with van der Waals surface area (Å²) in [6, 6.07) is 11.3. The van der Waals surface area contributed by atoms with Crippen molar-refractivity contribution in [3.63, 3.8) is 0 Å². The third-order valence-electron chi connectivity index (χ3n) is 4.56. The van der Waals surface area contributed by atoms with Gasteiger partial charge in [-0.3, -0.25) is 9.36 Å². The monoisotopic (exact) mass is 341 g/mol. The number of aryl methyl sites for hydroxylation is 1. The maximum absolute atomic E-state index is 12.0. The van der Waals surface area contributed by atoms with Gasteiger partial charge in [-0.1, -0.05) is 45.6 Å². The van der Waals surface area contributed by atoms with Crippen molar-refractivity contribution in [2.45, 2.75) is 71.8 Å². The maximum atomic E-state index is 12.0. The van der Waals surface area contributed by atoms with Gasteiger partial charge in [-0.2, -0.15) is 0 Å². The number of aromatic nitrogens is 1. The molecule has 1 atom stereocenters. The van der Waals surface area contributed by atoms with Crippen molar-refractivity contribution in [2.75, 3.05) is 0 Å². The highest BCUT2D eigenvalue weighted by molar-refractivity contribution is 5.38. The Bertz CT molecular complexity index is 688. The Morgan fingerprint density at radius 2 is 1.68 bits per heavy atom. The fourth-order valence-electron chi connectivity index (χ4n) is 2.99. The molecule has 1 heterocycles. The molecule has 3 heteroatoms. The molecule has 25 heavy (non-hydrogen) atoms. The molecule has 1 unspecified atom stereocenters. The number of ether oxygens (including phenoxy) is 1. The van der Waals surface area contributed by atoms with E-state index >= 15 is 0 Å². The first-order valence-electron chi connectivity index (χ1n) is 9.60. The summed E-state index contributed by atoms with van der Waals surface area (Å²) in [5.74, 6) is 0.880. The van der Waals surface area contributed by atoms with E-state index in [0.29, 0.717) is 0 Å². The van der Waals surface area contributed by atoms with Gasteiger partial charge in [0.05, 0.1) is 6.10 Å². The highest BCUT2D eigenvalue weighted by Crippen LogP contribution is 2.19. The van der Waals surface area contributed by atoms with Crippen molar-refractivity contribution in [3.05, 3.63) is 58.5 Å². The summed E-state index contributed by atoms with van der Waals surface area (Å²) >= 11 is 0. The van der Waals surface area contributed by atoms with Crippen LogP contribution in [0.15, 0.2) is 47.4 Å². The Morgan fingerprint density at radius 1 is 0.960 bits per heavy atom. The second kappa shape index (κ2) is 10.1. The number of unbranched alkanes of at least 4 members (excludes halogenated alkanes) is 4. The molecule has 0 aliphatic carbocycles. The molecule has 0 saturated heterocycles. The zero-order valence-electron chi connectivity index (χ0n) is 15.8. The second-order valence-electron chi connectivity index (χ2n) is 6.76. The van der Waals surface area contributed by atoms with E-state index in [1.54, 1.807) is 10.6 Å². The molecule has 0 N–H and O–H groups in total. The van der Waals surface area contributed by atoms with Gasteiger partial charge >= 0.3 is 0 Å². The number of benzene rings is 1. The van der Waals surface area contributed by atoms with Gasteiger partial charge in [0.1, 0.15) is 5.75 Å². The van der Waals surface area contributed by atoms with Gasteiger partial charge in [0.15, 0.2) is 0 Å². The minimum atomic E-state index is -0.0159. The Balaban J connectivity index is 1.94. The molecule has 0 aliphatic rings. The third-order valence-corrected chi connectivity index (χ3v) is 4.56. The number of pyridine rings is 1. The largest absolute Gasteiger partial charge is 0.490 e. The van der Waals surface area contributed by atoms with Crippen LogP contribution >= 0.6 is 0 Å². The summed E-state index contributed by atoms with van der Waals surface area (Å²) in [7, 11) is 0. The van der Waals surface area contributed by atoms with Crippen molar-refractivity contribution >= 4 is 0 Å². The molecule has 136 valence electrons. The van der Waals surface area contributed by atoms with E-state index in [2.05, 4.69) is 13.8 Å². The van der Waals surface area contributed by atoms with Gasteiger partial charge in [-0.15, -0.1) is 0 Å². The van der Waals surface area contributed by atoms with Gasteiger partial charge in [-0.25, -0.2) is 0 Å². The van der Waals surface area contributed by atoms with Crippen molar-refractivity contribution in [3.8, 4) is 11.4 Å². The predicted octanol–water partition coefficient (Wildman–Crippen LogP) is 5.66. The van der Waals surface area contributed by atoms with Gasteiger partial charge in [0.25, 0.3) is 5.56 Å². The summed E-state index contributed by atoms with van der Waals surface area (Å²) in [6.45, 7) is 6.41. The standard InChI is InChI=1S/C22H31NO2/c1-4-6-7-8-9-10-20(5-2)25-21-14-12-19(13-15-21)23-17-18(3)11-16-22(23)24/h11-17,20H,4-10H2,1-3H3. The Labute approximate surface area is 151 Å². The molecule has 0 amide bonds. The summed E-state index contributed by atoms with van der Waals surface area (Å²) in [6.07, 6.45) is 10.7. The Hall–Kier alpha value is -2.03. The molecule has 0 saturated carbocycles. The number of rotatable bonds is 10. The van der Waals surface area contributed by atoms with Crippen LogP contribution in [0.3, 0.4) is 0 Å². The average molecular weight is 341 g/mol. The van der Waals surface area contributed by atoms with Gasteiger partial charge < -0.3 is 4.74 Å². The van der Waals surface area contributed by atoms with E-state index in [9.17, 15) is 4.79 Å². The smallest absolute Gasteiger partial charge is 0.255 e. The predicted molar refractivity (Wildman–Crippen MR) is 105 cm³/mol. The van der Waals surface area contributed by atoms with E-state index in [-0.39, 0.29) is 11.7 Å². The first kappa shape index (κ1) is 19.3. The second-order valence-corrected chi connectivity index (χ2v) is 6.76. The lowest BCUT2D eigenvalue weighted by atomic mass is 10.1. The third kappa shape index (κ3) is 6.08. The highest BCUT2D eigenvalue weighted by Gasteiger charge is 2.08. The van der Waals surface area contributed by atoms with Crippen LogP contribution in [0, 0.1) is 6.92 Å². The highest BCUT2D eigenvalue weighted by atomic mass is 16.5. The fourth-order valence-corrected chi connectivity index (χ4v) is 2.99. The Kier molecular flexibility index (Phi) is 7.77. The molecule has 1 aromatic heterocycles. The summed E-state index contributed by atoms with van der Waals surface area (Å²) in [5.41, 5.74) is 1.92. The Morgan fingerprint density at radius 3 is 2.36 bits per heavy atom. The lowest BCUT2D eigenvalue weighted by Crippen LogP contribution is -2.17. The van der Waals surface area contributed by atoms with Gasteiger partial charge in [0.2, 0.25) is 0 Å². The van der Waals surface area contributed by atoms with E-state index in [1.807, 2.05) is 43.5 Å². The summed E-state index contributed by atoms with van der Waals surface area (Å²) < 4.78 is 7.80. The van der Waals surface area contributed by atoms with Crippen LogP contribution in [0.2, 0.25) is 0 Å². The number of hydrogen-bond donors (Lipinski definition) is 0. The quantitative estimate of drug-likeness (QED) is 0.522. The van der Waals surface area contributed by atoms with Gasteiger partial charge in [0, 0.05) is 18.0 Å². The molecule has 3 nitrogen and oxygen atoms in total. The van der Waals surface area contributed by atoms with Crippen molar-refractivity contribution in [2.24, 2.45) is 0 Å². The van der Waals surface area contributed by atoms with Crippen LogP contribution in [-0.4, -0.2) is 10.7 Å². The molecule has 1 aromatic carbocycles. The minimum absolute atomic E-state index is 0.0159. The molecule has 0 aliphatic heterocycles. The van der Waals surface area contributed by atoms with Crippen LogP contribution in [0.1, 0.15) is 64.4 Å². The SMILES string of the molecule is CCCCCCCC(CC)Oc1ccc(-n2cc(C)ccc2=O)cc1. The lowest BCUT2D eigenvalue weighted by Gasteiger charge is -2.18. The summed E-state index contributed by atoms with van der Waals surface area (Å²) in [4.78, 5) is 12.0. The fraction of sp³-hybridized carbons (Fsp3) is 0.500. The van der Waals surface area contributed by atoms with E-state index < -0.39 is 0 Å². The van der Waals surface area contributed by atoms with Crippen molar-refractivity contribution in [1.29, 1.82) is 0 Å². The average Bonchev–Trinajstić information content (AvgIpc) is 2.63. The van der Waals surface area contributed by atoms with Crippen LogP contribution in [0.4, 0.5) is 0 Å². The molecule has 2 aromatic rings. The zero-order valence-corrected chi connectivity index (χ0v) is 15.8. The molecule has 2 rings (SSSR count). The number of nitrogens with zero attached hydrogens (tertiary/aromatic N) is 1. The first-order valence-corrected chi connectivity index (χ1v) is 9.60. The molecule has 0 radical (unpaired) electrons. The first-order chi connectivity index (χ1) is 12.1. The maximum Gasteiger partial charge on any atom is 0.255 e. The molecular weight excluding hydrogens is 310 g/mol. The molecular formula is C22H31NO2. The lowest BCUT2D eigenvalue weighted by molar-refractivity contribution is 0.182. The van der Waals surface area contributed by atoms with E-state index in [1.165, 1.54) is 32.1 Å². The normalized spacial score (nSPS) is 12.1. The molecule has 0 spiro atoms.